The molecule has 0 aromatic heterocycles. The molecule has 0 aliphatic heterocycles. The Morgan fingerprint density at radius 1 is 0.300 bits per heavy atom. The molecule has 1 atom stereocenters. The number of allylic oxidation sites excluding steroid dienone is 14. The van der Waals surface area contributed by atoms with Crippen LogP contribution in [0.1, 0.15) is 284 Å². The van der Waals surface area contributed by atoms with Crippen molar-refractivity contribution in [1.82, 2.24) is 0 Å². The summed E-state index contributed by atoms with van der Waals surface area (Å²) in [4.78, 5) is 38.1. The molecule has 0 saturated carbocycles. The fourth-order valence-corrected chi connectivity index (χ4v) is 8.23. The largest absolute Gasteiger partial charge is 0.462 e. The minimum atomic E-state index is -0.805. The van der Waals surface area contributed by atoms with Crippen molar-refractivity contribution in [2.24, 2.45) is 0 Å². The van der Waals surface area contributed by atoms with E-state index in [1.165, 1.54) is 161 Å². The average molecular weight is 976 g/mol. The molecule has 0 radical (unpaired) electrons. The number of ether oxygens (including phenoxy) is 3. The second-order valence-corrected chi connectivity index (χ2v) is 19.5. The van der Waals surface area contributed by atoms with Crippen molar-refractivity contribution >= 4 is 17.9 Å². The van der Waals surface area contributed by atoms with Crippen LogP contribution in [0.2, 0.25) is 0 Å². The quantitative estimate of drug-likeness (QED) is 0.0261. The van der Waals surface area contributed by atoms with Crippen LogP contribution in [0.15, 0.2) is 85.1 Å². The maximum absolute atomic E-state index is 12.8. The van der Waals surface area contributed by atoms with Crippen LogP contribution in [-0.2, 0) is 28.6 Å². The van der Waals surface area contributed by atoms with E-state index in [4.69, 9.17) is 14.2 Å². The highest BCUT2D eigenvalue weighted by molar-refractivity contribution is 5.71. The normalized spacial score (nSPS) is 12.7. The van der Waals surface area contributed by atoms with E-state index in [-0.39, 0.29) is 37.5 Å². The maximum Gasteiger partial charge on any atom is 0.306 e. The van der Waals surface area contributed by atoms with Gasteiger partial charge in [0.25, 0.3) is 0 Å². The summed E-state index contributed by atoms with van der Waals surface area (Å²) in [5.74, 6) is -0.978. The van der Waals surface area contributed by atoms with Gasteiger partial charge in [0.05, 0.1) is 0 Å². The highest BCUT2D eigenvalue weighted by Crippen LogP contribution is 2.16. The highest BCUT2D eigenvalue weighted by atomic mass is 16.6. The second-order valence-electron chi connectivity index (χ2n) is 19.5. The minimum Gasteiger partial charge on any atom is -0.462 e. The molecule has 0 bridgehead atoms. The molecule has 0 aromatic rings. The molecule has 70 heavy (non-hydrogen) atoms. The highest BCUT2D eigenvalue weighted by Gasteiger charge is 2.19. The lowest BCUT2D eigenvalue weighted by Gasteiger charge is -2.18. The molecule has 0 N–H and O–H groups in total. The molecule has 402 valence electrons. The fraction of sp³-hybridized carbons (Fsp3) is 0.734. The molecule has 0 aromatic carbocycles. The zero-order valence-electron chi connectivity index (χ0n) is 46.0. The molecule has 0 saturated heterocycles. The molecule has 0 rings (SSSR count). The topological polar surface area (TPSA) is 78.9 Å². The van der Waals surface area contributed by atoms with Gasteiger partial charge < -0.3 is 14.2 Å². The number of carbonyl (C=O) groups is 3. The van der Waals surface area contributed by atoms with Gasteiger partial charge in [0.1, 0.15) is 13.2 Å². The molecule has 6 nitrogen and oxygen atoms in total. The molecule has 0 heterocycles. The fourth-order valence-electron chi connectivity index (χ4n) is 8.23. The first kappa shape index (κ1) is 66.6. The van der Waals surface area contributed by atoms with E-state index in [1.807, 2.05) is 6.08 Å². The van der Waals surface area contributed by atoms with Crippen LogP contribution in [-0.4, -0.2) is 37.2 Å². The lowest BCUT2D eigenvalue weighted by atomic mass is 10.0. The number of unbranched alkanes of at least 4 members (excludes halogenated alkanes) is 28. The first-order valence-corrected chi connectivity index (χ1v) is 29.6. The zero-order valence-corrected chi connectivity index (χ0v) is 46.0. The maximum atomic E-state index is 12.8. The lowest BCUT2D eigenvalue weighted by Crippen LogP contribution is -2.30. The van der Waals surface area contributed by atoms with Crippen LogP contribution in [0.5, 0.6) is 0 Å². The van der Waals surface area contributed by atoms with Crippen LogP contribution < -0.4 is 0 Å². The number of esters is 3. The van der Waals surface area contributed by atoms with Crippen molar-refractivity contribution in [2.45, 2.75) is 290 Å². The summed E-state index contributed by atoms with van der Waals surface area (Å²) in [7, 11) is 0. The van der Waals surface area contributed by atoms with E-state index in [0.29, 0.717) is 19.3 Å². The lowest BCUT2D eigenvalue weighted by molar-refractivity contribution is -0.166. The molecule has 0 amide bonds. The number of hydrogen-bond acceptors (Lipinski definition) is 6. The van der Waals surface area contributed by atoms with Crippen molar-refractivity contribution in [2.75, 3.05) is 13.2 Å². The molecule has 0 unspecified atom stereocenters. The van der Waals surface area contributed by atoms with E-state index in [2.05, 4.69) is 99.8 Å². The van der Waals surface area contributed by atoms with Crippen LogP contribution in [0.25, 0.3) is 0 Å². The number of rotatable bonds is 53. The smallest absolute Gasteiger partial charge is 0.306 e. The molecular weight excluding hydrogens is 865 g/mol. The van der Waals surface area contributed by atoms with Crippen LogP contribution in [0.3, 0.4) is 0 Å². The van der Waals surface area contributed by atoms with Crippen molar-refractivity contribution < 1.29 is 28.6 Å². The zero-order chi connectivity index (χ0) is 50.7. The Kier molecular flexibility index (Phi) is 55.3. The van der Waals surface area contributed by atoms with E-state index >= 15 is 0 Å². The Balaban J connectivity index is 4.40. The Hall–Kier alpha value is -3.41. The van der Waals surface area contributed by atoms with Gasteiger partial charge in [0.2, 0.25) is 0 Å². The molecule has 0 spiro atoms. The predicted molar refractivity (Wildman–Crippen MR) is 302 cm³/mol. The van der Waals surface area contributed by atoms with Gasteiger partial charge in [0, 0.05) is 19.3 Å². The number of hydrogen-bond donors (Lipinski definition) is 0. The average Bonchev–Trinajstić information content (AvgIpc) is 3.36. The third kappa shape index (κ3) is 55.5. The first-order valence-electron chi connectivity index (χ1n) is 29.6. The summed E-state index contributed by atoms with van der Waals surface area (Å²) in [6, 6.07) is 0. The summed E-state index contributed by atoms with van der Waals surface area (Å²) < 4.78 is 16.8. The molecular formula is C64H110O6. The standard InChI is InChI=1S/C64H110O6/c1-4-7-10-13-16-19-22-25-27-29-31-32-34-36-38-40-43-45-48-51-54-57-63(66)69-60-61(70-64(67)58-55-52-49-46-41-24-21-18-15-12-9-6-3)59-68-62(65)56-53-50-47-44-42-39-37-35-33-30-28-26-23-20-17-14-11-8-5-2/h8,11,17,20,25-28,33,35,39,42,47,50,61H,4-7,9-10,12-16,18-19,21-24,29-32,34,36-38,40-41,43-46,48-49,51-60H2,1-3H3/b11-8-,20-17-,27-25-,28-26-,35-33-,42-39-,50-47-/t61-/m1/s1. The molecule has 6 heteroatoms. The van der Waals surface area contributed by atoms with Gasteiger partial charge in [-0.25, -0.2) is 0 Å². The molecule has 0 aliphatic rings. The van der Waals surface area contributed by atoms with Crippen molar-refractivity contribution in [3.63, 3.8) is 0 Å². The van der Waals surface area contributed by atoms with E-state index in [0.717, 1.165) is 77.0 Å². The third-order valence-corrected chi connectivity index (χ3v) is 12.6. The first-order chi connectivity index (χ1) is 34.5. The molecule has 0 aliphatic carbocycles. The van der Waals surface area contributed by atoms with Gasteiger partial charge in [0.15, 0.2) is 6.10 Å². The van der Waals surface area contributed by atoms with Gasteiger partial charge >= 0.3 is 17.9 Å². The van der Waals surface area contributed by atoms with Crippen molar-refractivity contribution in [3.05, 3.63) is 85.1 Å². The predicted octanol–water partition coefficient (Wildman–Crippen LogP) is 19.9. The summed E-state index contributed by atoms with van der Waals surface area (Å²) in [5.41, 5.74) is 0. The van der Waals surface area contributed by atoms with Crippen LogP contribution in [0, 0.1) is 0 Å². The van der Waals surface area contributed by atoms with E-state index in [9.17, 15) is 14.4 Å². The van der Waals surface area contributed by atoms with Gasteiger partial charge in [-0.2, -0.15) is 0 Å². The van der Waals surface area contributed by atoms with Gasteiger partial charge in [-0.3, -0.25) is 14.4 Å². The summed E-state index contributed by atoms with van der Waals surface area (Å²) in [6.07, 6.45) is 75.9. The van der Waals surface area contributed by atoms with Crippen LogP contribution in [0.4, 0.5) is 0 Å². The van der Waals surface area contributed by atoms with E-state index < -0.39 is 6.10 Å². The Bertz CT molecular complexity index is 1350. The van der Waals surface area contributed by atoms with Crippen LogP contribution >= 0.6 is 0 Å². The Morgan fingerprint density at radius 3 is 0.957 bits per heavy atom. The van der Waals surface area contributed by atoms with Gasteiger partial charge in [-0.1, -0.05) is 266 Å². The summed E-state index contributed by atoms with van der Waals surface area (Å²) in [5, 5.41) is 0. The van der Waals surface area contributed by atoms with Crippen molar-refractivity contribution in [3.8, 4) is 0 Å². The SMILES string of the molecule is CC/C=C\C/C=C\C/C=C\C/C=C\C/C=C\C/C=C\CCC(=O)OC[C@H](COC(=O)CCCCCCCCCCCCC/C=C\CCCCCCCC)OC(=O)CCCCCCCCCCCCCC. The minimum absolute atomic E-state index is 0.0978. The summed E-state index contributed by atoms with van der Waals surface area (Å²) >= 11 is 0. The summed E-state index contributed by atoms with van der Waals surface area (Å²) in [6.45, 7) is 6.47. The third-order valence-electron chi connectivity index (χ3n) is 12.6. The Morgan fingerprint density at radius 2 is 0.586 bits per heavy atom. The number of carbonyl (C=O) groups excluding carboxylic acids is 3. The Labute approximate surface area is 433 Å². The van der Waals surface area contributed by atoms with Gasteiger partial charge in [-0.05, 0) is 83.5 Å². The second kappa shape index (κ2) is 58.2. The van der Waals surface area contributed by atoms with Gasteiger partial charge in [-0.15, -0.1) is 0 Å². The monoisotopic (exact) mass is 975 g/mol. The van der Waals surface area contributed by atoms with E-state index in [1.54, 1.807) is 0 Å². The molecule has 0 fully saturated rings. The van der Waals surface area contributed by atoms with Crippen molar-refractivity contribution in [1.29, 1.82) is 0 Å².